The number of hydrogen-bond donors (Lipinski definition) is 1. The largest absolute Gasteiger partial charge is 0.476 e. The first-order valence-electron chi connectivity index (χ1n) is 5.97. The summed E-state index contributed by atoms with van der Waals surface area (Å²) in [4.78, 5) is 13.0. The maximum atomic E-state index is 10.7. The Balaban J connectivity index is 1.84. The van der Waals surface area contributed by atoms with Crippen LogP contribution in [0.4, 0.5) is 0 Å². The molecule has 1 aromatic rings. The molecular formula is C11H18N4O2. The summed E-state index contributed by atoms with van der Waals surface area (Å²) in [6, 6.07) is 0.277. The molecule has 1 N–H and O–H groups in total. The summed E-state index contributed by atoms with van der Waals surface area (Å²) >= 11 is 0. The molecule has 0 bridgehead atoms. The number of carboxylic acids is 1. The maximum absolute atomic E-state index is 10.7. The fourth-order valence-electron chi connectivity index (χ4n) is 1.98. The normalized spacial score (nSPS) is 18.9. The first kappa shape index (κ1) is 12.0. The summed E-state index contributed by atoms with van der Waals surface area (Å²) in [5.41, 5.74) is 0.0189. The van der Waals surface area contributed by atoms with E-state index in [4.69, 9.17) is 5.11 Å². The highest BCUT2D eigenvalue weighted by molar-refractivity contribution is 5.84. The Hall–Kier alpha value is -1.43. The molecule has 1 unspecified atom stereocenters. The lowest BCUT2D eigenvalue weighted by molar-refractivity contribution is 0.0689. The molecule has 0 radical (unpaired) electrons. The van der Waals surface area contributed by atoms with Gasteiger partial charge in [-0.2, -0.15) is 0 Å². The van der Waals surface area contributed by atoms with Crippen molar-refractivity contribution in [3.63, 3.8) is 0 Å². The van der Waals surface area contributed by atoms with Crippen LogP contribution in [0.1, 0.15) is 36.8 Å². The van der Waals surface area contributed by atoms with Gasteiger partial charge in [-0.3, -0.25) is 4.90 Å². The van der Waals surface area contributed by atoms with Gasteiger partial charge in [-0.05, 0) is 5.92 Å². The van der Waals surface area contributed by atoms with Gasteiger partial charge in [-0.15, -0.1) is 5.10 Å². The Bertz CT molecular complexity index is 398. The van der Waals surface area contributed by atoms with Gasteiger partial charge in [0.05, 0.1) is 12.2 Å². The van der Waals surface area contributed by atoms with Crippen molar-refractivity contribution in [1.29, 1.82) is 0 Å². The van der Waals surface area contributed by atoms with Crippen molar-refractivity contribution in [2.24, 2.45) is 5.92 Å². The molecule has 1 aromatic heterocycles. The van der Waals surface area contributed by atoms with Gasteiger partial charge in [0, 0.05) is 19.6 Å². The molecule has 1 aliphatic heterocycles. The highest BCUT2D eigenvalue weighted by Gasteiger charge is 2.30. The molecule has 17 heavy (non-hydrogen) atoms. The fraction of sp³-hybridized carbons (Fsp3) is 0.727. The second-order valence-electron chi connectivity index (χ2n) is 4.77. The molecule has 1 aliphatic rings. The van der Waals surface area contributed by atoms with Crippen LogP contribution in [0.3, 0.4) is 0 Å². The lowest BCUT2D eigenvalue weighted by atomic mass is 10.0. The third-order valence-electron chi connectivity index (χ3n) is 3.31. The Morgan fingerprint density at radius 2 is 2.35 bits per heavy atom. The van der Waals surface area contributed by atoms with E-state index in [9.17, 15) is 4.79 Å². The standard InChI is InChI=1S/C11H18N4O2/c1-3-8(2)4-14-5-9(6-14)15-7-10(11(16)17)12-13-15/h7-9H,3-6H2,1-2H3,(H,16,17). The summed E-state index contributed by atoms with van der Waals surface area (Å²) in [5, 5.41) is 16.2. The lowest BCUT2D eigenvalue weighted by Gasteiger charge is -2.40. The van der Waals surface area contributed by atoms with Crippen molar-refractivity contribution in [3.8, 4) is 0 Å². The van der Waals surface area contributed by atoms with Gasteiger partial charge in [0.1, 0.15) is 0 Å². The van der Waals surface area contributed by atoms with Crippen molar-refractivity contribution in [3.05, 3.63) is 11.9 Å². The number of rotatable bonds is 5. The summed E-state index contributed by atoms with van der Waals surface area (Å²) in [6.45, 7) is 7.41. The Labute approximate surface area is 100 Å². The zero-order valence-electron chi connectivity index (χ0n) is 10.2. The van der Waals surface area contributed by atoms with Gasteiger partial charge in [0.2, 0.25) is 0 Å². The van der Waals surface area contributed by atoms with Gasteiger partial charge in [0.25, 0.3) is 0 Å². The van der Waals surface area contributed by atoms with E-state index in [1.54, 1.807) is 4.68 Å². The van der Waals surface area contributed by atoms with Crippen molar-refractivity contribution < 1.29 is 9.90 Å². The summed E-state index contributed by atoms with van der Waals surface area (Å²) < 4.78 is 1.66. The Morgan fingerprint density at radius 1 is 1.65 bits per heavy atom. The van der Waals surface area contributed by atoms with E-state index >= 15 is 0 Å². The number of carboxylic acid groups (broad SMARTS) is 1. The average molecular weight is 238 g/mol. The molecule has 0 spiro atoms. The molecule has 6 nitrogen and oxygen atoms in total. The van der Waals surface area contributed by atoms with Crippen LogP contribution in [0.15, 0.2) is 6.20 Å². The van der Waals surface area contributed by atoms with Gasteiger partial charge >= 0.3 is 5.97 Å². The van der Waals surface area contributed by atoms with E-state index in [0.29, 0.717) is 5.92 Å². The smallest absolute Gasteiger partial charge is 0.358 e. The average Bonchev–Trinajstić information content (AvgIpc) is 2.71. The Kier molecular flexibility index (Phi) is 3.42. The predicted octanol–water partition coefficient (Wildman–Crippen LogP) is 0.879. The third kappa shape index (κ3) is 2.63. The Morgan fingerprint density at radius 3 is 2.88 bits per heavy atom. The number of aromatic nitrogens is 3. The summed E-state index contributed by atoms with van der Waals surface area (Å²) in [7, 11) is 0. The number of likely N-dealkylation sites (tertiary alicyclic amines) is 1. The monoisotopic (exact) mass is 238 g/mol. The number of aromatic carboxylic acids is 1. The SMILES string of the molecule is CCC(C)CN1CC(n2cc(C(=O)O)nn2)C1. The van der Waals surface area contributed by atoms with Crippen molar-refractivity contribution in [2.45, 2.75) is 26.3 Å². The van der Waals surface area contributed by atoms with Crippen LogP contribution in [0.2, 0.25) is 0 Å². The van der Waals surface area contributed by atoms with E-state index < -0.39 is 5.97 Å². The quantitative estimate of drug-likeness (QED) is 0.824. The van der Waals surface area contributed by atoms with Crippen molar-refractivity contribution >= 4 is 5.97 Å². The minimum absolute atomic E-state index is 0.0189. The zero-order valence-corrected chi connectivity index (χ0v) is 10.2. The first-order valence-corrected chi connectivity index (χ1v) is 5.97. The number of nitrogens with zero attached hydrogens (tertiary/aromatic N) is 4. The molecule has 0 aliphatic carbocycles. The molecule has 2 heterocycles. The van der Waals surface area contributed by atoms with E-state index in [0.717, 1.165) is 19.6 Å². The van der Waals surface area contributed by atoms with E-state index in [2.05, 4.69) is 29.1 Å². The first-order chi connectivity index (χ1) is 8.10. The molecule has 1 fully saturated rings. The van der Waals surface area contributed by atoms with Gasteiger partial charge in [-0.1, -0.05) is 25.5 Å². The maximum Gasteiger partial charge on any atom is 0.358 e. The summed E-state index contributed by atoms with van der Waals surface area (Å²) in [5.74, 6) is -0.312. The van der Waals surface area contributed by atoms with Crippen LogP contribution in [-0.2, 0) is 0 Å². The van der Waals surface area contributed by atoms with Crippen molar-refractivity contribution in [2.75, 3.05) is 19.6 Å². The minimum atomic E-state index is -1.02. The molecular weight excluding hydrogens is 220 g/mol. The molecule has 0 saturated carbocycles. The lowest BCUT2D eigenvalue weighted by Crippen LogP contribution is -2.49. The number of hydrogen-bond acceptors (Lipinski definition) is 4. The second kappa shape index (κ2) is 4.83. The second-order valence-corrected chi connectivity index (χ2v) is 4.77. The molecule has 2 rings (SSSR count). The molecule has 6 heteroatoms. The predicted molar refractivity (Wildman–Crippen MR) is 61.9 cm³/mol. The molecule has 0 amide bonds. The molecule has 94 valence electrons. The van der Waals surface area contributed by atoms with Crippen LogP contribution in [0.5, 0.6) is 0 Å². The van der Waals surface area contributed by atoms with E-state index in [1.165, 1.54) is 12.6 Å². The van der Waals surface area contributed by atoms with Crippen molar-refractivity contribution in [1.82, 2.24) is 19.9 Å². The van der Waals surface area contributed by atoms with Crippen LogP contribution in [0, 0.1) is 5.92 Å². The molecule has 1 atom stereocenters. The highest BCUT2D eigenvalue weighted by atomic mass is 16.4. The number of carbonyl (C=O) groups is 1. The van der Waals surface area contributed by atoms with Crippen LogP contribution >= 0.6 is 0 Å². The summed E-state index contributed by atoms with van der Waals surface area (Å²) in [6.07, 6.45) is 2.70. The van der Waals surface area contributed by atoms with E-state index in [1.807, 2.05) is 0 Å². The van der Waals surface area contributed by atoms with E-state index in [-0.39, 0.29) is 11.7 Å². The van der Waals surface area contributed by atoms with Crippen LogP contribution in [0.25, 0.3) is 0 Å². The third-order valence-corrected chi connectivity index (χ3v) is 3.31. The highest BCUT2D eigenvalue weighted by Crippen LogP contribution is 2.21. The zero-order chi connectivity index (χ0) is 12.4. The topological polar surface area (TPSA) is 71.2 Å². The molecule has 1 saturated heterocycles. The minimum Gasteiger partial charge on any atom is -0.476 e. The van der Waals surface area contributed by atoms with Crippen LogP contribution in [-0.4, -0.2) is 50.6 Å². The van der Waals surface area contributed by atoms with Gasteiger partial charge in [-0.25, -0.2) is 9.48 Å². The molecule has 0 aromatic carbocycles. The fourth-order valence-corrected chi connectivity index (χ4v) is 1.98. The van der Waals surface area contributed by atoms with Crippen LogP contribution < -0.4 is 0 Å². The van der Waals surface area contributed by atoms with Gasteiger partial charge in [0.15, 0.2) is 5.69 Å². The van der Waals surface area contributed by atoms with Gasteiger partial charge < -0.3 is 5.11 Å².